The molecule has 1 aromatic heterocycles. The van der Waals surface area contributed by atoms with Gasteiger partial charge in [-0.05, 0) is 52.4 Å². The first kappa shape index (κ1) is 14.5. The number of hydrogen-bond donors (Lipinski definition) is 0. The van der Waals surface area contributed by atoms with E-state index in [1.54, 1.807) is 23.1 Å². The lowest BCUT2D eigenvalue weighted by Crippen LogP contribution is -2.00. The summed E-state index contributed by atoms with van der Waals surface area (Å²) in [6.07, 6.45) is 1.66. The Kier molecular flexibility index (Phi) is 4.21. The first-order valence-corrected chi connectivity index (χ1v) is 7.67. The van der Waals surface area contributed by atoms with Crippen LogP contribution in [0.1, 0.15) is 5.56 Å². The van der Waals surface area contributed by atoms with Crippen LogP contribution in [-0.4, -0.2) is 14.8 Å². The molecule has 0 unspecified atom stereocenters. The van der Waals surface area contributed by atoms with Crippen molar-refractivity contribution in [3.8, 4) is 11.4 Å². The summed E-state index contributed by atoms with van der Waals surface area (Å²) in [6, 6.07) is 12.6. The molecule has 0 atom stereocenters. The smallest absolute Gasteiger partial charge is 0.181 e. The van der Waals surface area contributed by atoms with E-state index in [1.807, 2.05) is 24.3 Å². The van der Waals surface area contributed by atoms with Gasteiger partial charge in [0.15, 0.2) is 5.82 Å². The molecule has 0 aliphatic carbocycles. The van der Waals surface area contributed by atoms with E-state index in [-0.39, 0.29) is 5.02 Å². The van der Waals surface area contributed by atoms with Gasteiger partial charge in [-0.3, -0.25) is 0 Å². The zero-order valence-corrected chi connectivity index (χ0v) is 13.7. The standard InChI is InChI=1S/C15H10ClFIN3/c16-13-6-10(4-5-14(13)17)8-21-9-19-15(20-21)11-2-1-3-12(18)7-11/h1-7,9H,8H2. The monoisotopic (exact) mass is 413 g/mol. The van der Waals surface area contributed by atoms with E-state index in [2.05, 4.69) is 32.7 Å². The molecular weight excluding hydrogens is 404 g/mol. The molecule has 0 aliphatic rings. The highest BCUT2D eigenvalue weighted by Crippen LogP contribution is 2.19. The molecule has 0 N–H and O–H groups in total. The molecule has 2 aromatic carbocycles. The highest BCUT2D eigenvalue weighted by Gasteiger charge is 2.06. The Labute approximate surface area is 139 Å². The number of halogens is 3. The minimum absolute atomic E-state index is 0.116. The van der Waals surface area contributed by atoms with Crippen LogP contribution < -0.4 is 0 Å². The fraction of sp³-hybridized carbons (Fsp3) is 0.0667. The largest absolute Gasteiger partial charge is 0.248 e. The van der Waals surface area contributed by atoms with Crippen molar-refractivity contribution in [2.75, 3.05) is 0 Å². The summed E-state index contributed by atoms with van der Waals surface area (Å²) in [5.41, 5.74) is 1.85. The molecule has 106 valence electrons. The topological polar surface area (TPSA) is 30.7 Å². The normalized spacial score (nSPS) is 10.8. The van der Waals surface area contributed by atoms with Gasteiger partial charge >= 0.3 is 0 Å². The van der Waals surface area contributed by atoms with Crippen molar-refractivity contribution in [2.45, 2.75) is 6.54 Å². The van der Waals surface area contributed by atoms with Crippen LogP contribution in [0.4, 0.5) is 4.39 Å². The van der Waals surface area contributed by atoms with Gasteiger partial charge in [0.1, 0.15) is 12.1 Å². The Morgan fingerprint density at radius 3 is 2.81 bits per heavy atom. The SMILES string of the molecule is Fc1ccc(Cn2cnc(-c3cccc(I)c3)n2)cc1Cl. The zero-order chi connectivity index (χ0) is 14.8. The van der Waals surface area contributed by atoms with E-state index in [0.29, 0.717) is 12.4 Å². The van der Waals surface area contributed by atoms with Crippen LogP contribution in [0.3, 0.4) is 0 Å². The lowest BCUT2D eigenvalue weighted by Gasteiger charge is -2.02. The van der Waals surface area contributed by atoms with Crippen LogP contribution >= 0.6 is 34.2 Å². The fourth-order valence-corrected chi connectivity index (χ4v) is 2.70. The number of nitrogens with zero attached hydrogens (tertiary/aromatic N) is 3. The molecule has 0 saturated carbocycles. The minimum atomic E-state index is -0.418. The average molecular weight is 414 g/mol. The maximum absolute atomic E-state index is 13.1. The Bertz CT molecular complexity index is 788. The van der Waals surface area contributed by atoms with Crippen molar-refractivity contribution in [3.63, 3.8) is 0 Å². The molecule has 3 nitrogen and oxygen atoms in total. The summed E-state index contributed by atoms with van der Waals surface area (Å²) in [4.78, 5) is 4.31. The Balaban J connectivity index is 1.83. The highest BCUT2D eigenvalue weighted by molar-refractivity contribution is 14.1. The molecule has 0 radical (unpaired) electrons. The summed E-state index contributed by atoms with van der Waals surface area (Å²) < 4.78 is 16.0. The Morgan fingerprint density at radius 1 is 1.19 bits per heavy atom. The van der Waals surface area contributed by atoms with Crippen molar-refractivity contribution in [2.24, 2.45) is 0 Å². The molecule has 0 saturated heterocycles. The first-order chi connectivity index (χ1) is 10.1. The van der Waals surface area contributed by atoms with Gasteiger partial charge in [-0.25, -0.2) is 14.1 Å². The van der Waals surface area contributed by atoms with Crippen molar-refractivity contribution in [3.05, 3.63) is 68.8 Å². The molecule has 21 heavy (non-hydrogen) atoms. The summed E-state index contributed by atoms with van der Waals surface area (Å²) in [5.74, 6) is 0.250. The summed E-state index contributed by atoms with van der Waals surface area (Å²) in [7, 11) is 0. The second kappa shape index (κ2) is 6.11. The van der Waals surface area contributed by atoms with Crippen LogP contribution in [0.25, 0.3) is 11.4 Å². The molecule has 0 bridgehead atoms. The van der Waals surface area contributed by atoms with Gasteiger partial charge in [0.2, 0.25) is 0 Å². The maximum atomic E-state index is 13.1. The van der Waals surface area contributed by atoms with Gasteiger partial charge in [-0.1, -0.05) is 29.8 Å². The summed E-state index contributed by atoms with van der Waals surface area (Å²) in [6.45, 7) is 0.497. The van der Waals surface area contributed by atoms with Crippen molar-refractivity contribution >= 4 is 34.2 Å². The van der Waals surface area contributed by atoms with E-state index < -0.39 is 5.82 Å². The van der Waals surface area contributed by atoms with Crippen LogP contribution in [0.15, 0.2) is 48.8 Å². The van der Waals surface area contributed by atoms with Crippen LogP contribution in [0.5, 0.6) is 0 Å². The molecule has 0 spiro atoms. The molecular formula is C15H10ClFIN3. The van der Waals surface area contributed by atoms with Gasteiger partial charge in [0.25, 0.3) is 0 Å². The molecule has 1 heterocycles. The van der Waals surface area contributed by atoms with Gasteiger partial charge in [0, 0.05) is 9.13 Å². The predicted molar refractivity (Wildman–Crippen MR) is 88.7 cm³/mol. The first-order valence-electron chi connectivity index (χ1n) is 6.21. The Morgan fingerprint density at radius 2 is 2.05 bits per heavy atom. The van der Waals surface area contributed by atoms with E-state index in [9.17, 15) is 4.39 Å². The number of rotatable bonds is 3. The quantitative estimate of drug-likeness (QED) is 0.596. The van der Waals surface area contributed by atoms with Crippen molar-refractivity contribution in [1.82, 2.24) is 14.8 Å². The Hall–Kier alpha value is -1.47. The van der Waals surface area contributed by atoms with Crippen LogP contribution in [0, 0.1) is 9.39 Å². The van der Waals surface area contributed by atoms with Gasteiger partial charge in [-0.2, -0.15) is 5.10 Å². The second-order valence-electron chi connectivity index (χ2n) is 4.52. The van der Waals surface area contributed by atoms with Gasteiger partial charge in [-0.15, -0.1) is 0 Å². The van der Waals surface area contributed by atoms with E-state index in [1.165, 1.54) is 6.07 Å². The molecule has 0 fully saturated rings. The number of benzene rings is 2. The summed E-state index contributed by atoms with van der Waals surface area (Å²) >= 11 is 8.03. The average Bonchev–Trinajstić information content (AvgIpc) is 2.91. The fourth-order valence-electron chi connectivity index (χ4n) is 1.96. The third kappa shape index (κ3) is 3.41. The lowest BCUT2D eigenvalue weighted by molar-refractivity contribution is 0.625. The third-order valence-corrected chi connectivity index (χ3v) is 3.91. The third-order valence-electron chi connectivity index (χ3n) is 2.95. The van der Waals surface area contributed by atoms with Crippen LogP contribution in [0.2, 0.25) is 5.02 Å². The highest BCUT2D eigenvalue weighted by atomic mass is 127. The molecule has 3 rings (SSSR count). The van der Waals surface area contributed by atoms with Crippen molar-refractivity contribution in [1.29, 1.82) is 0 Å². The number of aromatic nitrogens is 3. The van der Waals surface area contributed by atoms with Crippen molar-refractivity contribution < 1.29 is 4.39 Å². The van der Waals surface area contributed by atoms with E-state index in [4.69, 9.17) is 11.6 Å². The second-order valence-corrected chi connectivity index (χ2v) is 6.18. The van der Waals surface area contributed by atoms with Crippen LogP contribution in [-0.2, 0) is 6.54 Å². The minimum Gasteiger partial charge on any atom is -0.248 e. The maximum Gasteiger partial charge on any atom is 0.181 e. The van der Waals surface area contributed by atoms with E-state index in [0.717, 1.165) is 14.7 Å². The molecule has 6 heteroatoms. The number of hydrogen-bond acceptors (Lipinski definition) is 2. The predicted octanol–water partition coefficient (Wildman–Crippen LogP) is 4.39. The summed E-state index contributed by atoms with van der Waals surface area (Å²) in [5, 5.41) is 4.55. The van der Waals surface area contributed by atoms with Gasteiger partial charge < -0.3 is 0 Å². The molecule has 3 aromatic rings. The van der Waals surface area contributed by atoms with E-state index >= 15 is 0 Å². The van der Waals surface area contributed by atoms with Gasteiger partial charge in [0.05, 0.1) is 11.6 Å². The zero-order valence-electron chi connectivity index (χ0n) is 10.8. The lowest BCUT2D eigenvalue weighted by atomic mass is 10.2. The molecule has 0 aliphatic heterocycles. The molecule has 0 amide bonds.